The number of isocyanates is 5. The van der Waals surface area contributed by atoms with Gasteiger partial charge in [0.05, 0.1) is 28.4 Å². The molecule has 0 aromatic heterocycles. The largest absolute Gasteiger partial charge is 0.240 e. The van der Waals surface area contributed by atoms with Crippen molar-refractivity contribution >= 4 is 58.8 Å². The van der Waals surface area contributed by atoms with Gasteiger partial charge in [-0.2, -0.15) is 25.0 Å². The van der Waals surface area contributed by atoms with Gasteiger partial charge in [-0.25, -0.2) is 24.0 Å². The Morgan fingerprint density at radius 1 is 0.621 bits per heavy atom. The lowest BCUT2D eigenvalue weighted by Gasteiger charge is -2.11. The molecule has 0 fully saturated rings. The third-order valence-electron chi connectivity index (χ3n) is 3.82. The molecule has 0 aliphatic carbocycles. The second-order valence-electron chi connectivity index (χ2n) is 5.41. The highest BCUT2D eigenvalue weighted by molar-refractivity contribution is 5.74. The molecule has 2 aromatic carbocycles. The Kier molecular flexibility index (Phi) is 7.03. The van der Waals surface area contributed by atoms with E-state index in [0.717, 1.165) is 0 Å². The molecule has 0 amide bonds. The first kappa shape index (κ1) is 20.6. The molecular formula is C19H9N5O5. The average Bonchev–Trinajstić information content (AvgIpc) is 2.69. The van der Waals surface area contributed by atoms with E-state index in [1.807, 2.05) is 0 Å². The zero-order valence-corrected chi connectivity index (χ0v) is 14.8. The van der Waals surface area contributed by atoms with E-state index in [2.05, 4.69) is 25.0 Å². The lowest BCUT2D eigenvalue weighted by atomic mass is 9.98. The van der Waals surface area contributed by atoms with E-state index < -0.39 is 0 Å². The van der Waals surface area contributed by atoms with Gasteiger partial charge in [-0.15, -0.1) is 0 Å². The SMILES string of the molecule is Cc1c(N=C=O)cc(Cc2c(N=C=O)cc(N=C=O)cc2N=C=O)cc1N=C=O. The van der Waals surface area contributed by atoms with E-state index in [4.69, 9.17) is 0 Å². The summed E-state index contributed by atoms with van der Waals surface area (Å²) < 4.78 is 0. The fourth-order valence-electron chi connectivity index (χ4n) is 2.60. The molecule has 0 atom stereocenters. The van der Waals surface area contributed by atoms with E-state index >= 15 is 0 Å². The van der Waals surface area contributed by atoms with E-state index in [0.29, 0.717) is 16.7 Å². The van der Waals surface area contributed by atoms with Crippen molar-refractivity contribution in [3.8, 4) is 0 Å². The Morgan fingerprint density at radius 3 is 1.45 bits per heavy atom. The monoisotopic (exact) mass is 387 g/mol. The summed E-state index contributed by atoms with van der Waals surface area (Å²) in [6.07, 6.45) is 6.96. The van der Waals surface area contributed by atoms with Gasteiger partial charge in [0, 0.05) is 17.5 Å². The topological polar surface area (TPSA) is 147 Å². The molecule has 0 aliphatic rings. The first-order valence-electron chi connectivity index (χ1n) is 7.77. The molecule has 140 valence electrons. The maximum absolute atomic E-state index is 10.8. The van der Waals surface area contributed by atoms with Gasteiger partial charge in [0.25, 0.3) is 0 Å². The van der Waals surface area contributed by atoms with Gasteiger partial charge < -0.3 is 0 Å². The van der Waals surface area contributed by atoms with E-state index in [-0.39, 0.29) is 34.9 Å². The van der Waals surface area contributed by atoms with Gasteiger partial charge in [-0.3, -0.25) is 0 Å². The zero-order valence-electron chi connectivity index (χ0n) is 14.8. The molecule has 0 radical (unpaired) electrons. The smallest absolute Gasteiger partial charge is 0.211 e. The number of nitrogens with zero attached hydrogens (tertiary/aromatic N) is 5. The second kappa shape index (κ2) is 9.88. The molecule has 0 saturated heterocycles. The Balaban J connectivity index is 2.77. The molecule has 29 heavy (non-hydrogen) atoms. The molecular weight excluding hydrogens is 378 g/mol. The Labute approximate surface area is 162 Å². The number of rotatable bonds is 7. The summed E-state index contributed by atoms with van der Waals surface area (Å²) in [6, 6.07) is 5.67. The molecule has 0 unspecified atom stereocenters. The van der Waals surface area contributed by atoms with E-state index in [1.54, 1.807) is 6.92 Å². The van der Waals surface area contributed by atoms with Crippen LogP contribution in [0.15, 0.2) is 49.2 Å². The van der Waals surface area contributed by atoms with Crippen LogP contribution in [-0.4, -0.2) is 30.4 Å². The molecule has 0 aliphatic heterocycles. The fraction of sp³-hybridized carbons (Fsp3) is 0.105. The Morgan fingerprint density at radius 2 is 1.03 bits per heavy atom. The summed E-state index contributed by atoms with van der Waals surface area (Å²) in [5.74, 6) is 0. The van der Waals surface area contributed by atoms with Crippen molar-refractivity contribution in [3.63, 3.8) is 0 Å². The summed E-state index contributed by atoms with van der Waals surface area (Å²) in [5, 5.41) is 0. The lowest BCUT2D eigenvalue weighted by Crippen LogP contribution is -1.92. The molecule has 2 aromatic rings. The number of aliphatic imine (C=N–C) groups is 5. The minimum atomic E-state index is 0.0368. The van der Waals surface area contributed by atoms with E-state index in [1.165, 1.54) is 54.7 Å². The Hall–Kier alpha value is -4.66. The summed E-state index contributed by atoms with van der Waals surface area (Å²) >= 11 is 0. The predicted octanol–water partition coefficient (Wildman–Crippen LogP) is 3.42. The summed E-state index contributed by atoms with van der Waals surface area (Å²) in [6.45, 7) is 1.60. The second-order valence-corrected chi connectivity index (χ2v) is 5.41. The standard InChI is InChI=1S/C19H9N5O5/c1-12-16(21-8-26)3-13(4-17(12)22-9-27)2-15-18(23-10-28)5-14(20-7-25)6-19(15)24-11-29/h3-6H,2H2,1H3. The van der Waals surface area contributed by atoms with Crippen molar-refractivity contribution in [2.75, 3.05) is 0 Å². The summed E-state index contributed by atoms with van der Waals surface area (Å²) in [4.78, 5) is 71.3. The van der Waals surface area contributed by atoms with Gasteiger partial charge in [0.1, 0.15) is 0 Å². The number of benzene rings is 2. The molecule has 0 bridgehead atoms. The van der Waals surface area contributed by atoms with Crippen molar-refractivity contribution in [2.24, 2.45) is 25.0 Å². The van der Waals surface area contributed by atoms with E-state index in [9.17, 15) is 24.0 Å². The van der Waals surface area contributed by atoms with Crippen molar-refractivity contribution in [3.05, 3.63) is 41.0 Å². The predicted molar refractivity (Wildman–Crippen MR) is 99.3 cm³/mol. The van der Waals surface area contributed by atoms with Crippen LogP contribution in [-0.2, 0) is 30.4 Å². The van der Waals surface area contributed by atoms with Crippen LogP contribution in [0, 0.1) is 6.92 Å². The number of carbonyl (C=O) groups excluding carboxylic acids is 5. The van der Waals surface area contributed by atoms with Crippen LogP contribution in [0.4, 0.5) is 28.4 Å². The molecule has 2 rings (SSSR count). The Bertz CT molecular complexity index is 1140. The van der Waals surface area contributed by atoms with Crippen LogP contribution in [0.25, 0.3) is 0 Å². The van der Waals surface area contributed by atoms with Crippen molar-refractivity contribution < 1.29 is 24.0 Å². The molecule has 10 nitrogen and oxygen atoms in total. The van der Waals surface area contributed by atoms with Crippen LogP contribution in [0.5, 0.6) is 0 Å². The molecule has 10 heteroatoms. The highest BCUT2D eigenvalue weighted by Gasteiger charge is 2.14. The summed E-state index contributed by atoms with van der Waals surface area (Å²) in [7, 11) is 0. The molecule has 0 spiro atoms. The van der Waals surface area contributed by atoms with Gasteiger partial charge in [-0.05, 0) is 36.8 Å². The number of hydrogen-bond donors (Lipinski definition) is 0. The van der Waals surface area contributed by atoms with Crippen LogP contribution in [0.1, 0.15) is 16.7 Å². The molecule has 0 saturated carbocycles. The van der Waals surface area contributed by atoms with Crippen LogP contribution in [0.3, 0.4) is 0 Å². The molecule has 0 N–H and O–H groups in total. The normalized spacial score (nSPS) is 9.00. The average molecular weight is 387 g/mol. The van der Waals surface area contributed by atoms with Crippen LogP contribution < -0.4 is 0 Å². The fourth-order valence-corrected chi connectivity index (χ4v) is 2.60. The first-order valence-corrected chi connectivity index (χ1v) is 7.77. The minimum Gasteiger partial charge on any atom is -0.211 e. The van der Waals surface area contributed by atoms with Gasteiger partial charge in [0.15, 0.2) is 0 Å². The third-order valence-corrected chi connectivity index (χ3v) is 3.82. The maximum Gasteiger partial charge on any atom is 0.240 e. The molecule has 0 heterocycles. The number of hydrogen-bond acceptors (Lipinski definition) is 10. The lowest BCUT2D eigenvalue weighted by molar-refractivity contribution is 0.564. The van der Waals surface area contributed by atoms with Gasteiger partial charge in [-0.1, -0.05) is 0 Å². The maximum atomic E-state index is 10.8. The highest BCUT2D eigenvalue weighted by atomic mass is 16.1. The van der Waals surface area contributed by atoms with Gasteiger partial charge in [0.2, 0.25) is 30.4 Å². The minimum absolute atomic E-state index is 0.0368. The first-order chi connectivity index (χ1) is 14.1. The van der Waals surface area contributed by atoms with Crippen LogP contribution >= 0.6 is 0 Å². The summed E-state index contributed by atoms with van der Waals surface area (Å²) in [5.41, 5.74) is 1.84. The zero-order chi connectivity index (χ0) is 21.2. The van der Waals surface area contributed by atoms with Gasteiger partial charge >= 0.3 is 0 Å². The quantitative estimate of drug-likeness (QED) is 0.527. The highest BCUT2D eigenvalue weighted by Crippen LogP contribution is 2.38. The van der Waals surface area contributed by atoms with Crippen molar-refractivity contribution in [1.29, 1.82) is 0 Å². The van der Waals surface area contributed by atoms with Crippen molar-refractivity contribution in [2.45, 2.75) is 13.3 Å². The third kappa shape index (κ3) is 4.95. The van der Waals surface area contributed by atoms with Crippen molar-refractivity contribution in [1.82, 2.24) is 0 Å². The van der Waals surface area contributed by atoms with Crippen LogP contribution in [0.2, 0.25) is 0 Å².